The SMILES string of the molecule is CCOC(=O)C1CCN(C(=O)[C@@H](C)n2nnc(-c3ccc(Cl)cc3)n2)CC1. The molecule has 1 amide bonds. The number of esters is 1. The molecule has 0 radical (unpaired) electrons. The summed E-state index contributed by atoms with van der Waals surface area (Å²) in [7, 11) is 0. The predicted molar refractivity (Wildman–Crippen MR) is 98.9 cm³/mol. The molecule has 1 saturated heterocycles. The fourth-order valence-corrected chi connectivity index (χ4v) is 3.19. The summed E-state index contributed by atoms with van der Waals surface area (Å²) in [6, 6.07) is 6.53. The number of ether oxygens (including phenoxy) is 1. The fraction of sp³-hybridized carbons (Fsp3) is 0.500. The highest BCUT2D eigenvalue weighted by atomic mass is 35.5. The number of hydrogen-bond donors (Lipinski definition) is 0. The summed E-state index contributed by atoms with van der Waals surface area (Å²) in [6.45, 7) is 4.95. The third-order valence-corrected chi connectivity index (χ3v) is 4.91. The third kappa shape index (κ3) is 4.44. The molecule has 1 aromatic heterocycles. The zero-order valence-electron chi connectivity index (χ0n) is 15.3. The molecule has 0 aliphatic carbocycles. The number of likely N-dealkylation sites (tertiary alicyclic amines) is 1. The van der Waals surface area contributed by atoms with E-state index in [4.69, 9.17) is 16.3 Å². The molecule has 0 unspecified atom stereocenters. The molecular weight excluding hydrogens is 370 g/mol. The van der Waals surface area contributed by atoms with Crippen molar-refractivity contribution in [3.8, 4) is 11.4 Å². The van der Waals surface area contributed by atoms with Gasteiger partial charge < -0.3 is 9.64 Å². The van der Waals surface area contributed by atoms with Crippen molar-refractivity contribution in [2.24, 2.45) is 5.92 Å². The van der Waals surface area contributed by atoms with Crippen LogP contribution in [0.2, 0.25) is 5.02 Å². The van der Waals surface area contributed by atoms with Crippen LogP contribution in [0.15, 0.2) is 24.3 Å². The Balaban J connectivity index is 1.61. The summed E-state index contributed by atoms with van der Waals surface area (Å²) in [6.07, 6.45) is 1.22. The Morgan fingerprint density at radius 3 is 2.56 bits per heavy atom. The van der Waals surface area contributed by atoms with Crippen LogP contribution in [-0.2, 0) is 14.3 Å². The molecule has 3 rings (SSSR count). The summed E-state index contributed by atoms with van der Waals surface area (Å²) in [5.41, 5.74) is 0.778. The van der Waals surface area contributed by atoms with Gasteiger partial charge in [-0.05, 0) is 56.2 Å². The quantitative estimate of drug-likeness (QED) is 0.727. The molecule has 0 bridgehead atoms. The maximum absolute atomic E-state index is 12.8. The Morgan fingerprint density at radius 1 is 1.26 bits per heavy atom. The van der Waals surface area contributed by atoms with Crippen molar-refractivity contribution < 1.29 is 14.3 Å². The standard InChI is InChI=1S/C18H22ClN5O3/c1-3-27-18(26)14-8-10-23(11-9-14)17(25)12(2)24-21-16(20-22-24)13-4-6-15(19)7-5-13/h4-7,12,14H,3,8-11H2,1-2H3/t12-/m1/s1. The topological polar surface area (TPSA) is 90.2 Å². The van der Waals surface area contributed by atoms with Crippen molar-refractivity contribution in [2.45, 2.75) is 32.7 Å². The van der Waals surface area contributed by atoms with Crippen LogP contribution < -0.4 is 0 Å². The molecule has 0 spiro atoms. The molecule has 8 nitrogen and oxygen atoms in total. The van der Waals surface area contributed by atoms with Crippen molar-refractivity contribution in [1.29, 1.82) is 0 Å². The van der Waals surface area contributed by atoms with E-state index < -0.39 is 6.04 Å². The first-order chi connectivity index (χ1) is 13.0. The molecule has 1 aromatic carbocycles. The number of halogens is 1. The summed E-state index contributed by atoms with van der Waals surface area (Å²) < 4.78 is 5.06. The highest BCUT2D eigenvalue weighted by Gasteiger charge is 2.31. The average Bonchev–Trinajstić information content (AvgIpc) is 3.18. The molecule has 1 fully saturated rings. The first-order valence-electron chi connectivity index (χ1n) is 9.00. The first kappa shape index (κ1) is 19.3. The van der Waals surface area contributed by atoms with Crippen LogP contribution in [-0.4, -0.2) is 56.7 Å². The molecule has 144 valence electrons. The number of nitrogens with zero attached hydrogens (tertiary/aromatic N) is 5. The van der Waals surface area contributed by atoms with Crippen molar-refractivity contribution in [2.75, 3.05) is 19.7 Å². The molecule has 1 aliphatic rings. The minimum atomic E-state index is -0.572. The Bertz CT molecular complexity index is 800. The maximum atomic E-state index is 12.8. The minimum Gasteiger partial charge on any atom is -0.466 e. The van der Waals surface area contributed by atoms with Crippen LogP contribution in [0, 0.1) is 5.92 Å². The molecular formula is C18H22ClN5O3. The molecule has 2 heterocycles. The van der Waals surface area contributed by atoms with E-state index in [1.807, 2.05) is 0 Å². The molecule has 9 heteroatoms. The number of carbonyl (C=O) groups excluding carboxylic acids is 2. The fourth-order valence-electron chi connectivity index (χ4n) is 3.06. The van der Waals surface area contributed by atoms with Crippen molar-refractivity contribution in [1.82, 2.24) is 25.1 Å². The number of tetrazole rings is 1. The Labute approximate surface area is 162 Å². The number of hydrogen-bond acceptors (Lipinski definition) is 6. The smallest absolute Gasteiger partial charge is 0.309 e. The largest absolute Gasteiger partial charge is 0.466 e. The van der Waals surface area contributed by atoms with Gasteiger partial charge in [0.1, 0.15) is 6.04 Å². The van der Waals surface area contributed by atoms with E-state index in [1.54, 1.807) is 43.0 Å². The van der Waals surface area contributed by atoms with E-state index in [-0.39, 0.29) is 17.8 Å². The first-order valence-corrected chi connectivity index (χ1v) is 9.38. The summed E-state index contributed by atoms with van der Waals surface area (Å²) in [4.78, 5) is 27.6. The van der Waals surface area contributed by atoms with Crippen LogP contribution in [0.3, 0.4) is 0 Å². The number of rotatable bonds is 5. The molecule has 0 saturated carbocycles. The number of amides is 1. The second kappa shape index (κ2) is 8.47. The van der Waals surface area contributed by atoms with E-state index in [0.29, 0.717) is 43.4 Å². The van der Waals surface area contributed by atoms with Gasteiger partial charge in [0.25, 0.3) is 0 Å². The molecule has 1 aliphatic heterocycles. The lowest BCUT2D eigenvalue weighted by atomic mass is 9.96. The lowest BCUT2D eigenvalue weighted by molar-refractivity contribution is -0.151. The molecule has 1 atom stereocenters. The Hall–Kier alpha value is -2.48. The molecule has 0 N–H and O–H groups in total. The second-order valence-electron chi connectivity index (χ2n) is 6.47. The normalized spacial score (nSPS) is 16.2. The van der Waals surface area contributed by atoms with Gasteiger partial charge in [-0.1, -0.05) is 11.6 Å². The summed E-state index contributed by atoms with van der Waals surface area (Å²) >= 11 is 5.89. The zero-order valence-corrected chi connectivity index (χ0v) is 16.1. The van der Waals surface area contributed by atoms with Crippen molar-refractivity contribution in [3.63, 3.8) is 0 Å². The van der Waals surface area contributed by atoms with Crippen LogP contribution >= 0.6 is 11.6 Å². The number of aromatic nitrogens is 4. The van der Waals surface area contributed by atoms with Gasteiger partial charge in [0.05, 0.1) is 12.5 Å². The third-order valence-electron chi connectivity index (χ3n) is 4.66. The second-order valence-corrected chi connectivity index (χ2v) is 6.90. The highest BCUT2D eigenvalue weighted by Crippen LogP contribution is 2.22. The Kier molecular flexibility index (Phi) is 6.05. The highest BCUT2D eigenvalue weighted by molar-refractivity contribution is 6.30. The van der Waals surface area contributed by atoms with E-state index in [2.05, 4.69) is 15.4 Å². The monoisotopic (exact) mass is 391 g/mol. The van der Waals surface area contributed by atoms with Crippen molar-refractivity contribution in [3.05, 3.63) is 29.3 Å². The van der Waals surface area contributed by atoms with E-state index in [1.165, 1.54) is 4.80 Å². The van der Waals surface area contributed by atoms with Gasteiger partial charge in [-0.25, -0.2) is 0 Å². The zero-order chi connectivity index (χ0) is 19.4. The van der Waals surface area contributed by atoms with Gasteiger partial charge in [0.2, 0.25) is 11.7 Å². The Morgan fingerprint density at radius 2 is 1.93 bits per heavy atom. The number of carbonyl (C=O) groups is 2. The van der Waals surface area contributed by atoms with E-state index >= 15 is 0 Å². The number of benzene rings is 1. The van der Waals surface area contributed by atoms with Gasteiger partial charge in [-0.15, -0.1) is 10.2 Å². The summed E-state index contributed by atoms with van der Waals surface area (Å²) in [5.74, 6) is 0.0400. The van der Waals surface area contributed by atoms with Gasteiger partial charge in [0.15, 0.2) is 0 Å². The van der Waals surface area contributed by atoms with Crippen LogP contribution in [0.25, 0.3) is 11.4 Å². The predicted octanol–water partition coefficient (Wildman–Crippen LogP) is 2.36. The minimum absolute atomic E-state index is 0.0858. The van der Waals surface area contributed by atoms with Crippen LogP contribution in [0.5, 0.6) is 0 Å². The van der Waals surface area contributed by atoms with Gasteiger partial charge in [0, 0.05) is 23.7 Å². The average molecular weight is 392 g/mol. The lowest BCUT2D eigenvalue weighted by Crippen LogP contribution is -2.43. The maximum Gasteiger partial charge on any atom is 0.309 e. The van der Waals surface area contributed by atoms with E-state index in [9.17, 15) is 9.59 Å². The molecule has 2 aromatic rings. The summed E-state index contributed by atoms with van der Waals surface area (Å²) in [5, 5.41) is 13.0. The lowest BCUT2D eigenvalue weighted by Gasteiger charge is -2.32. The van der Waals surface area contributed by atoms with Gasteiger partial charge in [-0.3, -0.25) is 9.59 Å². The van der Waals surface area contributed by atoms with Crippen molar-refractivity contribution >= 4 is 23.5 Å². The number of piperidine rings is 1. The van der Waals surface area contributed by atoms with E-state index in [0.717, 1.165) is 5.56 Å². The molecule has 27 heavy (non-hydrogen) atoms. The van der Waals surface area contributed by atoms with Gasteiger partial charge >= 0.3 is 5.97 Å². The van der Waals surface area contributed by atoms with Crippen LogP contribution in [0.1, 0.15) is 32.7 Å². The van der Waals surface area contributed by atoms with Gasteiger partial charge in [-0.2, -0.15) is 4.80 Å². The van der Waals surface area contributed by atoms with Crippen LogP contribution in [0.4, 0.5) is 0 Å².